The molecule has 0 saturated carbocycles. The van der Waals surface area contributed by atoms with Gasteiger partial charge >= 0.3 is 17.9 Å². The third kappa shape index (κ3) is 4.67. The molecule has 8 heteroatoms. The highest BCUT2D eigenvalue weighted by Gasteiger charge is 2.39. The van der Waals surface area contributed by atoms with E-state index in [2.05, 4.69) is 0 Å². The van der Waals surface area contributed by atoms with E-state index < -0.39 is 36.0 Å². The van der Waals surface area contributed by atoms with Crippen molar-refractivity contribution in [2.24, 2.45) is 5.73 Å². The fraction of sp³-hybridized carbons (Fsp3) is 0.111. The molecule has 0 aromatic heterocycles. The van der Waals surface area contributed by atoms with Gasteiger partial charge in [-0.05, 0) is 24.3 Å². The average molecular weight is 357 g/mol. The quantitative estimate of drug-likeness (QED) is 0.706. The smallest absolute Gasteiger partial charge is 0.349 e. The van der Waals surface area contributed by atoms with Crippen LogP contribution in [0.4, 0.5) is 0 Å². The van der Waals surface area contributed by atoms with Gasteiger partial charge in [0.05, 0.1) is 11.1 Å². The van der Waals surface area contributed by atoms with Gasteiger partial charge in [-0.25, -0.2) is 14.4 Å². The van der Waals surface area contributed by atoms with E-state index in [1.807, 2.05) is 0 Å². The molecule has 0 heterocycles. The number of nitrogens with two attached hydrogens (primary N) is 1. The topological polar surface area (TPSA) is 133 Å². The first kappa shape index (κ1) is 18.7. The Kier molecular flexibility index (Phi) is 6.05. The predicted octanol–water partition coefficient (Wildman–Crippen LogP) is 1.01. The van der Waals surface area contributed by atoms with Crippen molar-refractivity contribution < 1.29 is 33.8 Å². The summed E-state index contributed by atoms with van der Waals surface area (Å²) in [4.78, 5) is 47.2. The van der Waals surface area contributed by atoms with Crippen molar-refractivity contribution in [1.82, 2.24) is 0 Å². The maximum absolute atomic E-state index is 12.1. The van der Waals surface area contributed by atoms with Gasteiger partial charge in [-0.1, -0.05) is 36.4 Å². The van der Waals surface area contributed by atoms with E-state index in [4.69, 9.17) is 15.2 Å². The first-order chi connectivity index (χ1) is 12.4. The molecule has 2 aromatic rings. The number of amides is 1. The Bertz CT molecular complexity index is 735. The third-order valence-electron chi connectivity index (χ3n) is 3.29. The summed E-state index contributed by atoms with van der Waals surface area (Å²) in [7, 11) is 0. The SMILES string of the molecule is NC(=O)C(OC(=O)c1ccccc1)C(OC(=O)c1ccccc1)C(=O)O. The van der Waals surface area contributed by atoms with E-state index in [1.165, 1.54) is 24.3 Å². The minimum atomic E-state index is -2.09. The van der Waals surface area contributed by atoms with Gasteiger partial charge in [0.15, 0.2) is 0 Å². The van der Waals surface area contributed by atoms with Gasteiger partial charge in [-0.3, -0.25) is 4.79 Å². The van der Waals surface area contributed by atoms with Crippen LogP contribution in [0.3, 0.4) is 0 Å². The Morgan fingerprint density at radius 2 is 1.12 bits per heavy atom. The van der Waals surface area contributed by atoms with Crippen LogP contribution in [0.2, 0.25) is 0 Å². The second-order valence-corrected chi connectivity index (χ2v) is 5.12. The highest BCUT2D eigenvalue weighted by Crippen LogP contribution is 2.12. The van der Waals surface area contributed by atoms with Gasteiger partial charge in [-0.15, -0.1) is 0 Å². The lowest BCUT2D eigenvalue weighted by molar-refractivity contribution is -0.158. The van der Waals surface area contributed by atoms with Gasteiger partial charge in [0.2, 0.25) is 12.2 Å². The average Bonchev–Trinajstić information content (AvgIpc) is 2.65. The van der Waals surface area contributed by atoms with Crippen molar-refractivity contribution in [3.8, 4) is 0 Å². The number of aliphatic carboxylic acids is 1. The van der Waals surface area contributed by atoms with E-state index >= 15 is 0 Å². The number of carbonyl (C=O) groups excluding carboxylic acids is 3. The Balaban J connectivity index is 2.20. The van der Waals surface area contributed by atoms with Crippen LogP contribution in [-0.4, -0.2) is 41.1 Å². The molecule has 3 N–H and O–H groups in total. The lowest BCUT2D eigenvalue weighted by atomic mass is 10.1. The van der Waals surface area contributed by atoms with E-state index in [1.54, 1.807) is 36.4 Å². The fourth-order valence-corrected chi connectivity index (χ4v) is 2.03. The van der Waals surface area contributed by atoms with Crippen LogP contribution in [0.25, 0.3) is 0 Å². The molecule has 0 fully saturated rings. The Morgan fingerprint density at radius 1 is 0.731 bits per heavy atom. The molecule has 134 valence electrons. The molecule has 0 saturated heterocycles. The van der Waals surface area contributed by atoms with Crippen molar-refractivity contribution >= 4 is 23.8 Å². The second-order valence-electron chi connectivity index (χ2n) is 5.12. The van der Waals surface area contributed by atoms with Crippen LogP contribution in [0.1, 0.15) is 20.7 Å². The molecule has 2 atom stereocenters. The molecule has 0 aliphatic heterocycles. The normalized spacial score (nSPS) is 12.5. The lowest BCUT2D eigenvalue weighted by Crippen LogP contribution is -2.48. The number of ether oxygens (including phenoxy) is 2. The number of benzene rings is 2. The summed E-state index contributed by atoms with van der Waals surface area (Å²) in [6, 6.07) is 15.1. The molecule has 0 radical (unpaired) electrons. The summed E-state index contributed by atoms with van der Waals surface area (Å²) in [6.07, 6.45) is -4.08. The Labute approximate surface area is 148 Å². The van der Waals surface area contributed by atoms with Crippen LogP contribution >= 0.6 is 0 Å². The largest absolute Gasteiger partial charge is 0.478 e. The number of hydrogen-bond acceptors (Lipinski definition) is 6. The molecular weight excluding hydrogens is 342 g/mol. The monoisotopic (exact) mass is 357 g/mol. The summed E-state index contributed by atoms with van der Waals surface area (Å²) < 4.78 is 9.73. The third-order valence-corrected chi connectivity index (χ3v) is 3.29. The maximum atomic E-state index is 12.1. The van der Waals surface area contributed by atoms with Crippen LogP contribution in [-0.2, 0) is 19.1 Å². The van der Waals surface area contributed by atoms with Gasteiger partial charge in [-0.2, -0.15) is 0 Å². The highest BCUT2D eigenvalue weighted by atomic mass is 16.6. The van der Waals surface area contributed by atoms with Crippen molar-refractivity contribution in [2.75, 3.05) is 0 Å². The highest BCUT2D eigenvalue weighted by molar-refractivity contribution is 5.96. The zero-order valence-electron chi connectivity index (χ0n) is 13.4. The van der Waals surface area contributed by atoms with Crippen LogP contribution < -0.4 is 5.73 Å². The first-order valence-corrected chi connectivity index (χ1v) is 7.44. The van der Waals surface area contributed by atoms with Crippen LogP contribution in [0.5, 0.6) is 0 Å². The van der Waals surface area contributed by atoms with Crippen molar-refractivity contribution in [3.63, 3.8) is 0 Å². The zero-order valence-corrected chi connectivity index (χ0v) is 13.4. The number of carboxylic acids is 1. The molecule has 26 heavy (non-hydrogen) atoms. The van der Waals surface area contributed by atoms with E-state index in [0.717, 1.165) is 0 Å². The van der Waals surface area contributed by atoms with Gasteiger partial charge in [0.25, 0.3) is 5.91 Å². The molecule has 0 aliphatic carbocycles. The second kappa shape index (κ2) is 8.43. The number of carboxylic acid groups (broad SMARTS) is 1. The Hall–Kier alpha value is -3.68. The molecule has 2 rings (SSSR count). The molecule has 2 unspecified atom stereocenters. The fourth-order valence-electron chi connectivity index (χ4n) is 2.03. The molecule has 2 aromatic carbocycles. The van der Waals surface area contributed by atoms with Gasteiger partial charge < -0.3 is 20.3 Å². The van der Waals surface area contributed by atoms with E-state index in [9.17, 15) is 24.3 Å². The molecule has 0 spiro atoms. The lowest BCUT2D eigenvalue weighted by Gasteiger charge is -2.21. The van der Waals surface area contributed by atoms with E-state index in [0.29, 0.717) is 0 Å². The molecule has 8 nitrogen and oxygen atoms in total. The summed E-state index contributed by atoms with van der Waals surface area (Å²) in [5, 5.41) is 9.30. The summed E-state index contributed by atoms with van der Waals surface area (Å²) >= 11 is 0. The van der Waals surface area contributed by atoms with Crippen molar-refractivity contribution in [2.45, 2.75) is 12.2 Å². The van der Waals surface area contributed by atoms with Crippen molar-refractivity contribution in [1.29, 1.82) is 0 Å². The minimum absolute atomic E-state index is 0.0661. The number of hydrogen-bond donors (Lipinski definition) is 2. The molecule has 0 bridgehead atoms. The maximum Gasteiger partial charge on any atom is 0.349 e. The van der Waals surface area contributed by atoms with E-state index in [-0.39, 0.29) is 11.1 Å². The Morgan fingerprint density at radius 3 is 1.46 bits per heavy atom. The molecule has 1 amide bonds. The number of primary amides is 1. The summed E-state index contributed by atoms with van der Waals surface area (Å²) in [5.41, 5.74) is 5.29. The summed E-state index contributed by atoms with van der Waals surface area (Å²) in [5.74, 6) is -4.92. The van der Waals surface area contributed by atoms with Crippen molar-refractivity contribution in [3.05, 3.63) is 71.8 Å². The number of esters is 2. The summed E-state index contributed by atoms with van der Waals surface area (Å²) in [6.45, 7) is 0. The van der Waals surface area contributed by atoms with Crippen LogP contribution in [0.15, 0.2) is 60.7 Å². The van der Waals surface area contributed by atoms with Gasteiger partial charge in [0, 0.05) is 0 Å². The van der Waals surface area contributed by atoms with Gasteiger partial charge in [0.1, 0.15) is 0 Å². The zero-order chi connectivity index (χ0) is 19.1. The molecule has 0 aliphatic rings. The molecular formula is C18H15NO7. The number of rotatable bonds is 7. The number of carbonyl (C=O) groups is 4. The van der Waals surface area contributed by atoms with Crippen LogP contribution in [0, 0.1) is 0 Å². The standard InChI is InChI=1S/C18H15NO7/c19-15(20)13(25-17(23)11-7-3-1-4-8-11)14(16(21)22)26-18(24)12-9-5-2-6-10-12/h1-10,13-14H,(H2,19,20)(H,21,22). The minimum Gasteiger partial charge on any atom is -0.478 e. The predicted molar refractivity (Wildman–Crippen MR) is 88.1 cm³/mol. The first-order valence-electron chi connectivity index (χ1n) is 7.44.